The highest BCUT2D eigenvalue weighted by Gasteiger charge is 2.23. The second-order valence-corrected chi connectivity index (χ2v) is 4.89. The van der Waals surface area contributed by atoms with E-state index in [1.807, 2.05) is 11.9 Å². The highest BCUT2D eigenvalue weighted by Crippen LogP contribution is 2.28. The van der Waals surface area contributed by atoms with Crippen LogP contribution >= 0.6 is 0 Å². The van der Waals surface area contributed by atoms with E-state index in [1.54, 1.807) is 0 Å². The lowest BCUT2D eigenvalue weighted by molar-refractivity contribution is -0.118. The molecule has 0 spiro atoms. The first-order valence-corrected chi connectivity index (χ1v) is 7.03. The quantitative estimate of drug-likeness (QED) is 0.759. The van der Waals surface area contributed by atoms with Gasteiger partial charge in [-0.05, 0) is 37.2 Å². The van der Waals surface area contributed by atoms with Crippen molar-refractivity contribution in [3.8, 4) is 0 Å². The van der Waals surface area contributed by atoms with Gasteiger partial charge in [-0.1, -0.05) is 19.1 Å². The molecule has 1 aliphatic heterocycles. The molecule has 4 nitrogen and oxygen atoms in total. The molecule has 2 rings (SSSR count). The number of nitrogens with one attached hydrogen (secondary N) is 2. The van der Waals surface area contributed by atoms with E-state index in [9.17, 15) is 4.79 Å². The maximum atomic E-state index is 12.0. The first-order chi connectivity index (χ1) is 9.26. The van der Waals surface area contributed by atoms with Crippen LogP contribution in [0.1, 0.15) is 24.5 Å². The second kappa shape index (κ2) is 6.68. The minimum atomic E-state index is 0.242. The van der Waals surface area contributed by atoms with E-state index in [4.69, 9.17) is 0 Å². The van der Waals surface area contributed by atoms with Gasteiger partial charge in [0.25, 0.3) is 0 Å². The molecule has 0 aliphatic carbocycles. The number of nitrogens with zero attached hydrogens (tertiary/aromatic N) is 1. The summed E-state index contributed by atoms with van der Waals surface area (Å²) in [5.74, 6) is 0.242. The molecule has 1 aromatic rings. The van der Waals surface area contributed by atoms with Gasteiger partial charge in [0.2, 0.25) is 5.91 Å². The number of benzene rings is 1. The molecule has 104 valence electrons. The van der Waals surface area contributed by atoms with Gasteiger partial charge in [0.05, 0.1) is 0 Å². The number of hydrogen-bond donors (Lipinski definition) is 2. The summed E-state index contributed by atoms with van der Waals surface area (Å²) in [4.78, 5) is 14.0. The predicted octanol–water partition coefficient (Wildman–Crippen LogP) is 1.29. The molecule has 1 heterocycles. The van der Waals surface area contributed by atoms with E-state index in [0.717, 1.165) is 38.3 Å². The molecule has 2 N–H and O–H groups in total. The van der Waals surface area contributed by atoms with Crippen molar-refractivity contribution < 1.29 is 4.79 Å². The molecule has 0 saturated heterocycles. The van der Waals surface area contributed by atoms with Gasteiger partial charge in [-0.3, -0.25) is 4.79 Å². The number of amides is 1. The van der Waals surface area contributed by atoms with Crippen LogP contribution in [0.2, 0.25) is 0 Å². The molecule has 0 atom stereocenters. The van der Waals surface area contributed by atoms with Crippen molar-refractivity contribution in [1.29, 1.82) is 0 Å². The van der Waals surface area contributed by atoms with Crippen molar-refractivity contribution in [3.63, 3.8) is 0 Å². The summed E-state index contributed by atoms with van der Waals surface area (Å²) in [6.45, 7) is 5.50. The highest BCUT2D eigenvalue weighted by molar-refractivity contribution is 5.96. The van der Waals surface area contributed by atoms with Crippen LogP contribution in [0.5, 0.6) is 0 Å². The average Bonchev–Trinajstić information content (AvgIpc) is 2.42. The molecule has 1 amide bonds. The normalized spacial score (nSPS) is 14.6. The number of carbonyl (C=O) groups excluding carboxylic acids is 1. The Balaban J connectivity index is 2.16. The van der Waals surface area contributed by atoms with Crippen LogP contribution in [-0.2, 0) is 17.8 Å². The Morgan fingerprint density at radius 3 is 2.89 bits per heavy atom. The second-order valence-electron chi connectivity index (χ2n) is 4.89. The maximum absolute atomic E-state index is 12.0. The fraction of sp³-hybridized carbons (Fsp3) is 0.533. The molecule has 0 radical (unpaired) electrons. The Hall–Kier alpha value is -1.39. The van der Waals surface area contributed by atoms with Crippen LogP contribution in [-0.4, -0.2) is 32.6 Å². The number of fused-ring (bicyclic) bond motifs is 1. The largest absolute Gasteiger partial charge is 0.316 e. The van der Waals surface area contributed by atoms with Crippen LogP contribution in [0.15, 0.2) is 18.2 Å². The standard InChI is InChI=1S/C15H23N3O/c1-3-17-8-9-18-14-6-4-12(11-16-2)10-13(14)5-7-15(18)19/h4,6,10,16-17H,3,5,7-9,11H2,1-2H3. The van der Waals surface area contributed by atoms with Crippen LogP contribution in [0.3, 0.4) is 0 Å². The molecule has 0 saturated carbocycles. The smallest absolute Gasteiger partial charge is 0.227 e. The molecular weight excluding hydrogens is 238 g/mol. The minimum absolute atomic E-state index is 0.242. The van der Waals surface area contributed by atoms with Gasteiger partial charge in [0.1, 0.15) is 0 Å². The number of anilines is 1. The fourth-order valence-electron chi connectivity index (χ4n) is 2.54. The number of rotatable bonds is 6. The highest BCUT2D eigenvalue weighted by atomic mass is 16.2. The van der Waals surface area contributed by atoms with Crippen molar-refractivity contribution in [2.45, 2.75) is 26.3 Å². The number of carbonyl (C=O) groups is 1. The van der Waals surface area contributed by atoms with E-state index >= 15 is 0 Å². The molecule has 1 aliphatic rings. The van der Waals surface area contributed by atoms with E-state index in [1.165, 1.54) is 11.1 Å². The van der Waals surface area contributed by atoms with E-state index < -0.39 is 0 Å². The predicted molar refractivity (Wildman–Crippen MR) is 78.4 cm³/mol. The third-order valence-electron chi connectivity index (χ3n) is 3.49. The minimum Gasteiger partial charge on any atom is -0.316 e. The summed E-state index contributed by atoms with van der Waals surface area (Å²) in [5, 5.41) is 6.44. The zero-order valence-electron chi connectivity index (χ0n) is 11.8. The molecule has 0 fully saturated rings. The van der Waals surface area contributed by atoms with Crippen molar-refractivity contribution >= 4 is 11.6 Å². The Bertz CT molecular complexity index is 445. The first-order valence-electron chi connectivity index (χ1n) is 7.03. The van der Waals surface area contributed by atoms with Gasteiger partial charge in [-0.2, -0.15) is 0 Å². The van der Waals surface area contributed by atoms with Gasteiger partial charge in [0, 0.05) is 31.7 Å². The summed E-state index contributed by atoms with van der Waals surface area (Å²) in [7, 11) is 1.95. The number of aryl methyl sites for hydroxylation is 1. The molecular formula is C15H23N3O. The molecule has 0 unspecified atom stereocenters. The summed E-state index contributed by atoms with van der Waals surface area (Å²) >= 11 is 0. The fourth-order valence-corrected chi connectivity index (χ4v) is 2.54. The Labute approximate surface area is 115 Å². The van der Waals surface area contributed by atoms with Gasteiger partial charge in [0.15, 0.2) is 0 Å². The molecule has 1 aromatic carbocycles. The molecule has 4 heteroatoms. The Morgan fingerprint density at radius 1 is 1.32 bits per heavy atom. The first kappa shape index (κ1) is 14.0. The van der Waals surface area contributed by atoms with E-state index in [0.29, 0.717) is 6.42 Å². The summed E-state index contributed by atoms with van der Waals surface area (Å²) < 4.78 is 0. The SMILES string of the molecule is CCNCCN1C(=O)CCc2cc(CNC)ccc21. The molecule has 0 aromatic heterocycles. The van der Waals surface area contributed by atoms with E-state index in [2.05, 4.69) is 35.8 Å². The average molecular weight is 261 g/mol. The van der Waals surface area contributed by atoms with Gasteiger partial charge < -0.3 is 15.5 Å². The molecule has 19 heavy (non-hydrogen) atoms. The van der Waals surface area contributed by atoms with Crippen LogP contribution in [0.25, 0.3) is 0 Å². The summed E-state index contributed by atoms with van der Waals surface area (Å²) in [6.07, 6.45) is 1.49. The lowest BCUT2D eigenvalue weighted by Crippen LogP contribution is -2.39. The van der Waals surface area contributed by atoms with E-state index in [-0.39, 0.29) is 5.91 Å². The van der Waals surface area contributed by atoms with Crippen molar-refractivity contribution in [2.24, 2.45) is 0 Å². The zero-order valence-corrected chi connectivity index (χ0v) is 11.8. The third kappa shape index (κ3) is 3.33. The number of likely N-dealkylation sites (N-methyl/N-ethyl adjacent to an activating group) is 1. The third-order valence-corrected chi connectivity index (χ3v) is 3.49. The topological polar surface area (TPSA) is 44.4 Å². The van der Waals surface area contributed by atoms with Crippen molar-refractivity contribution in [1.82, 2.24) is 10.6 Å². The van der Waals surface area contributed by atoms with Crippen LogP contribution < -0.4 is 15.5 Å². The molecule has 0 bridgehead atoms. The Morgan fingerprint density at radius 2 is 2.16 bits per heavy atom. The number of hydrogen-bond acceptors (Lipinski definition) is 3. The van der Waals surface area contributed by atoms with Gasteiger partial charge >= 0.3 is 0 Å². The lowest BCUT2D eigenvalue weighted by atomic mass is 9.98. The van der Waals surface area contributed by atoms with Gasteiger partial charge in [-0.15, -0.1) is 0 Å². The van der Waals surface area contributed by atoms with Crippen LogP contribution in [0, 0.1) is 0 Å². The van der Waals surface area contributed by atoms with Gasteiger partial charge in [-0.25, -0.2) is 0 Å². The maximum Gasteiger partial charge on any atom is 0.227 e. The zero-order chi connectivity index (χ0) is 13.7. The van der Waals surface area contributed by atoms with Crippen molar-refractivity contribution in [2.75, 3.05) is 31.6 Å². The lowest BCUT2D eigenvalue weighted by Gasteiger charge is -2.30. The summed E-state index contributed by atoms with van der Waals surface area (Å²) in [5.41, 5.74) is 3.67. The Kier molecular flexibility index (Phi) is 4.93. The monoisotopic (exact) mass is 261 g/mol. The van der Waals surface area contributed by atoms with Crippen LogP contribution in [0.4, 0.5) is 5.69 Å². The summed E-state index contributed by atoms with van der Waals surface area (Å²) in [6, 6.07) is 6.41. The van der Waals surface area contributed by atoms with Crippen molar-refractivity contribution in [3.05, 3.63) is 29.3 Å².